The van der Waals surface area contributed by atoms with Crippen molar-refractivity contribution in [2.75, 3.05) is 13.7 Å². The summed E-state index contributed by atoms with van der Waals surface area (Å²) in [7, 11) is 1.75. The van der Waals surface area contributed by atoms with Crippen LogP contribution in [-0.4, -0.2) is 24.4 Å². The van der Waals surface area contributed by atoms with Gasteiger partial charge >= 0.3 is 0 Å². The van der Waals surface area contributed by atoms with E-state index < -0.39 is 0 Å². The minimum atomic E-state index is -0.379. The first-order valence-electron chi connectivity index (χ1n) is 11.1. The molecule has 1 saturated carbocycles. The molecule has 0 bridgehead atoms. The molecule has 0 spiro atoms. The Kier molecular flexibility index (Phi) is 5.72. The molecule has 4 rings (SSSR count). The highest BCUT2D eigenvalue weighted by molar-refractivity contribution is 5.42. The number of aryl methyl sites for hydroxylation is 1. The van der Waals surface area contributed by atoms with Crippen molar-refractivity contribution in [3.8, 4) is 5.75 Å². The summed E-state index contributed by atoms with van der Waals surface area (Å²) in [5.74, 6) is 2.67. The number of aliphatic hydroxyl groups excluding tert-OH is 1. The van der Waals surface area contributed by atoms with E-state index in [4.69, 9.17) is 10.5 Å². The predicted octanol–water partition coefficient (Wildman–Crippen LogP) is 4.87. The molecule has 4 atom stereocenters. The van der Waals surface area contributed by atoms with Crippen LogP contribution >= 0.6 is 0 Å². The fraction of sp³-hybridized carbons (Fsp3) is 0.538. The highest BCUT2D eigenvalue weighted by Crippen LogP contribution is 2.42. The van der Waals surface area contributed by atoms with Gasteiger partial charge in [0, 0.05) is 5.54 Å². The lowest BCUT2D eigenvalue weighted by molar-refractivity contribution is 0.198. The van der Waals surface area contributed by atoms with Crippen LogP contribution in [0.5, 0.6) is 5.75 Å². The van der Waals surface area contributed by atoms with E-state index >= 15 is 0 Å². The molecule has 2 unspecified atom stereocenters. The summed E-state index contributed by atoms with van der Waals surface area (Å²) >= 11 is 0. The second-order valence-corrected chi connectivity index (χ2v) is 9.45. The van der Waals surface area contributed by atoms with Gasteiger partial charge in [0.15, 0.2) is 0 Å². The zero-order chi connectivity index (χ0) is 20.6. The molecule has 3 N–H and O–H groups in total. The quantitative estimate of drug-likeness (QED) is 0.762. The van der Waals surface area contributed by atoms with Crippen molar-refractivity contribution in [3.05, 3.63) is 64.2 Å². The molecule has 1 fully saturated rings. The highest BCUT2D eigenvalue weighted by Gasteiger charge is 2.36. The van der Waals surface area contributed by atoms with E-state index in [1.807, 2.05) is 0 Å². The minimum absolute atomic E-state index is 0.0949. The Hall–Kier alpha value is -1.84. The lowest BCUT2D eigenvalue weighted by Gasteiger charge is -2.31. The monoisotopic (exact) mass is 393 g/mol. The number of aliphatic hydroxyl groups is 1. The van der Waals surface area contributed by atoms with Crippen molar-refractivity contribution in [2.24, 2.45) is 11.7 Å². The topological polar surface area (TPSA) is 55.5 Å². The second-order valence-electron chi connectivity index (χ2n) is 9.45. The Labute approximate surface area is 175 Å². The van der Waals surface area contributed by atoms with Crippen LogP contribution in [0.3, 0.4) is 0 Å². The number of rotatable bonds is 5. The van der Waals surface area contributed by atoms with E-state index in [0.717, 1.165) is 37.9 Å². The molecule has 0 aliphatic heterocycles. The molecule has 0 radical (unpaired) electrons. The first kappa shape index (κ1) is 20.4. The van der Waals surface area contributed by atoms with Gasteiger partial charge < -0.3 is 15.6 Å². The molecule has 2 aromatic rings. The van der Waals surface area contributed by atoms with Gasteiger partial charge in [0.05, 0.1) is 13.7 Å². The van der Waals surface area contributed by atoms with Crippen LogP contribution in [0.2, 0.25) is 0 Å². The number of methoxy groups -OCH3 is 1. The average molecular weight is 394 g/mol. The molecule has 0 amide bonds. The fourth-order valence-corrected chi connectivity index (χ4v) is 5.67. The summed E-state index contributed by atoms with van der Waals surface area (Å²) in [5, 5.41) is 9.58. The van der Waals surface area contributed by atoms with Gasteiger partial charge in [0.25, 0.3) is 0 Å². The maximum absolute atomic E-state index is 9.58. The van der Waals surface area contributed by atoms with Gasteiger partial charge in [-0.15, -0.1) is 0 Å². The Morgan fingerprint density at radius 2 is 2.03 bits per heavy atom. The third kappa shape index (κ3) is 3.95. The molecule has 29 heavy (non-hydrogen) atoms. The fourth-order valence-electron chi connectivity index (χ4n) is 5.67. The van der Waals surface area contributed by atoms with E-state index in [0.29, 0.717) is 17.8 Å². The summed E-state index contributed by atoms with van der Waals surface area (Å²) in [6.45, 7) is 4.65. The first-order chi connectivity index (χ1) is 13.9. The number of hydrogen-bond acceptors (Lipinski definition) is 3. The summed E-state index contributed by atoms with van der Waals surface area (Å²) in [6, 6.07) is 13.5. The van der Waals surface area contributed by atoms with E-state index in [1.54, 1.807) is 7.11 Å². The van der Waals surface area contributed by atoms with Crippen LogP contribution in [0.1, 0.15) is 72.3 Å². The predicted molar refractivity (Wildman–Crippen MR) is 119 cm³/mol. The molecule has 2 aromatic carbocycles. The zero-order valence-corrected chi connectivity index (χ0v) is 18.1. The van der Waals surface area contributed by atoms with Crippen LogP contribution in [-0.2, 0) is 12.8 Å². The Morgan fingerprint density at radius 1 is 1.21 bits per heavy atom. The summed E-state index contributed by atoms with van der Waals surface area (Å²) in [4.78, 5) is 0. The summed E-state index contributed by atoms with van der Waals surface area (Å²) in [6.07, 6.45) is 6.44. The van der Waals surface area contributed by atoms with Crippen LogP contribution in [0.15, 0.2) is 36.4 Å². The van der Waals surface area contributed by atoms with Gasteiger partial charge in [-0.1, -0.05) is 37.3 Å². The molecule has 0 aromatic heterocycles. The number of ether oxygens (including phenoxy) is 1. The molecule has 3 heteroatoms. The largest absolute Gasteiger partial charge is 0.496 e. The van der Waals surface area contributed by atoms with Crippen molar-refractivity contribution in [1.82, 2.24) is 0 Å². The standard InChI is InChI=1S/C26H35NO2/c1-17(24-5-4-6-25(29-3)18(24)2)19-7-8-21-14-22(10-9-20(21)13-19)23-11-12-26(27,15-23)16-28/h4-6,9-10,14,17,19,23,28H,7-8,11-13,15-16,27H2,1-3H3/t17?,19?,23-,26+/m0/s1. The minimum Gasteiger partial charge on any atom is -0.496 e. The average Bonchev–Trinajstić information content (AvgIpc) is 3.15. The van der Waals surface area contributed by atoms with E-state index in [9.17, 15) is 5.11 Å². The molecule has 3 nitrogen and oxygen atoms in total. The summed E-state index contributed by atoms with van der Waals surface area (Å²) in [5.41, 5.74) is 13.1. The SMILES string of the molecule is COc1cccc(C(C)C2CCc3cc([C@H]4CC[C@](N)(CO)C4)ccc3C2)c1C. The van der Waals surface area contributed by atoms with E-state index in [-0.39, 0.29) is 12.1 Å². The van der Waals surface area contributed by atoms with Crippen LogP contribution in [0, 0.1) is 12.8 Å². The molecule has 2 aliphatic rings. The second kappa shape index (κ2) is 8.12. The van der Waals surface area contributed by atoms with Crippen molar-refractivity contribution >= 4 is 0 Å². The van der Waals surface area contributed by atoms with Gasteiger partial charge in [0.2, 0.25) is 0 Å². The number of benzene rings is 2. The molecule has 0 heterocycles. The Morgan fingerprint density at radius 3 is 2.76 bits per heavy atom. The van der Waals surface area contributed by atoms with Crippen LogP contribution in [0.25, 0.3) is 0 Å². The maximum atomic E-state index is 9.58. The normalized spacial score (nSPS) is 27.5. The number of fused-ring (bicyclic) bond motifs is 1. The maximum Gasteiger partial charge on any atom is 0.122 e. The van der Waals surface area contributed by atoms with Crippen molar-refractivity contribution in [2.45, 2.75) is 69.7 Å². The van der Waals surface area contributed by atoms with Gasteiger partial charge in [-0.3, -0.25) is 0 Å². The number of nitrogens with two attached hydrogens (primary N) is 1. The Balaban J connectivity index is 1.50. The van der Waals surface area contributed by atoms with Gasteiger partial charge in [-0.05, 0) is 97.1 Å². The van der Waals surface area contributed by atoms with E-state index in [2.05, 4.69) is 50.2 Å². The molecule has 0 saturated heterocycles. The van der Waals surface area contributed by atoms with Gasteiger partial charge in [0.1, 0.15) is 5.75 Å². The van der Waals surface area contributed by atoms with Gasteiger partial charge in [-0.2, -0.15) is 0 Å². The third-order valence-electron chi connectivity index (χ3n) is 7.67. The van der Waals surface area contributed by atoms with Gasteiger partial charge in [-0.25, -0.2) is 0 Å². The van der Waals surface area contributed by atoms with Crippen molar-refractivity contribution in [3.63, 3.8) is 0 Å². The molecule has 2 aliphatic carbocycles. The zero-order valence-electron chi connectivity index (χ0n) is 18.1. The lowest BCUT2D eigenvalue weighted by Crippen LogP contribution is -2.40. The summed E-state index contributed by atoms with van der Waals surface area (Å²) < 4.78 is 5.54. The highest BCUT2D eigenvalue weighted by atomic mass is 16.5. The van der Waals surface area contributed by atoms with Crippen molar-refractivity contribution in [1.29, 1.82) is 0 Å². The first-order valence-corrected chi connectivity index (χ1v) is 11.1. The van der Waals surface area contributed by atoms with E-state index in [1.165, 1.54) is 34.2 Å². The molecule has 156 valence electrons. The van der Waals surface area contributed by atoms with Crippen LogP contribution < -0.4 is 10.5 Å². The Bertz CT molecular complexity index is 877. The van der Waals surface area contributed by atoms with Crippen molar-refractivity contribution < 1.29 is 9.84 Å². The molecular weight excluding hydrogens is 358 g/mol. The number of hydrogen-bond donors (Lipinski definition) is 2. The smallest absolute Gasteiger partial charge is 0.122 e. The molecular formula is C26H35NO2. The lowest BCUT2D eigenvalue weighted by atomic mass is 9.74. The third-order valence-corrected chi connectivity index (χ3v) is 7.67. The van der Waals surface area contributed by atoms with Crippen LogP contribution in [0.4, 0.5) is 0 Å².